The minimum atomic E-state index is -0.258. The first-order chi connectivity index (χ1) is 8.66. The smallest absolute Gasteiger partial charge is 0.257 e. The quantitative estimate of drug-likeness (QED) is 0.707. The molecule has 1 saturated heterocycles. The van der Waals surface area contributed by atoms with Crippen molar-refractivity contribution in [2.24, 2.45) is 0 Å². The lowest BCUT2D eigenvalue weighted by Gasteiger charge is -2.28. The Labute approximate surface area is 110 Å². The van der Waals surface area contributed by atoms with E-state index in [1.807, 2.05) is 6.07 Å². The van der Waals surface area contributed by atoms with E-state index in [1.165, 1.54) is 0 Å². The number of rotatable bonds is 1. The Balaban J connectivity index is 1.95. The summed E-state index contributed by atoms with van der Waals surface area (Å²) < 4.78 is 0. The molecule has 0 unspecified atom stereocenters. The van der Waals surface area contributed by atoms with Crippen molar-refractivity contribution in [1.29, 1.82) is 0 Å². The van der Waals surface area contributed by atoms with Gasteiger partial charge in [-0.05, 0) is 24.4 Å². The van der Waals surface area contributed by atoms with Gasteiger partial charge in [0.25, 0.3) is 5.91 Å². The Hall–Kier alpha value is -1.95. The van der Waals surface area contributed by atoms with Crippen LogP contribution in [-0.2, 0) is 4.79 Å². The highest BCUT2D eigenvalue weighted by Crippen LogP contribution is 2.00. The zero-order valence-electron chi connectivity index (χ0n) is 9.68. The van der Waals surface area contributed by atoms with Crippen molar-refractivity contribution in [3.05, 3.63) is 35.9 Å². The zero-order chi connectivity index (χ0) is 13.0. The molecule has 0 atom stereocenters. The van der Waals surface area contributed by atoms with E-state index in [0.29, 0.717) is 23.8 Å². The van der Waals surface area contributed by atoms with Gasteiger partial charge in [0, 0.05) is 18.7 Å². The molecule has 1 heterocycles. The van der Waals surface area contributed by atoms with Gasteiger partial charge < -0.3 is 10.2 Å². The van der Waals surface area contributed by atoms with E-state index in [1.54, 1.807) is 29.2 Å². The van der Waals surface area contributed by atoms with Crippen LogP contribution in [0.25, 0.3) is 0 Å². The van der Waals surface area contributed by atoms with Gasteiger partial charge in [0.15, 0.2) is 5.11 Å². The third-order valence-electron chi connectivity index (χ3n) is 2.58. The van der Waals surface area contributed by atoms with Crippen LogP contribution in [0.1, 0.15) is 10.4 Å². The Kier molecular flexibility index (Phi) is 3.88. The second-order valence-corrected chi connectivity index (χ2v) is 4.28. The third-order valence-corrected chi connectivity index (χ3v) is 2.94. The number of nitrogens with one attached hydrogen (secondary N) is 2. The monoisotopic (exact) mass is 263 g/mol. The maximum atomic E-state index is 11.9. The summed E-state index contributed by atoms with van der Waals surface area (Å²) in [7, 11) is 0. The number of hydrogen-bond acceptors (Lipinski definition) is 3. The van der Waals surface area contributed by atoms with Gasteiger partial charge in [-0.1, -0.05) is 18.2 Å². The highest BCUT2D eigenvalue weighted by atomic mass is 32.1. The molecule has 0 radical (unpaired) electrons. The molecule has 2 N–H and O–H groups in total. The second-order valence-electron chi connectivity index (χ2n) is 3.90. The van der Waals surface area contributed by atoms with E-state index < -0.39 is 0 Å². The van der Waals surface area contributed by atoms with E-state index in [-0.39, 0.29) is 18.4 Å². The molecular formula is C12H13N3O2S. The van der Waals surface area contributed by atoms with Gasteiger partial charge in [-0.25, -0.2) is 0 Å². The van der Waals surface area contributed by atoms with Gasteiger partial charge >= 0.3 is 0 Å². The first-order valence-electron chi connectivity index (χ1n) is 5.59. The first kappa shape index (κ1) is 12.5. The minimum Gasteiger partial charge on any atom is -0.353 e. The number of hydrogen-bond donors (Lipinski definition) is 2. The fraction of sp³-hybridized carbons (Fsp3) is 0.250. The molecule has 94 valence electrons. The maximum absolute atomic E-state index is 11.9. The van der Waals surface area contributed by atoms with Crippen LogP contribution in [0.15, 0.2) is 30.3 Å². The predicted octanol–water partition coefficient (Wildman–Crippen LogP) is 0.133. The van der Waals surface area contributed by atoms with E-state index in [4.69, 9.17) is 12.2 Å². The molecule has 0 saturated carbocycles. The van der Waals surface area contributed by atoms with Crippen LogP contribution in [0.4, 0.5) is 0 Å². The molecule has 1 aromatic rings. The van der Waals surface area contributed by atoms with E-state index in [9.17, 15) is 9.59 Å². The SMILES string of the molecule is O=C1CN(C(=S)NC(=O)c2ccccc2)CCN1. The molecule has 0 bridgehead atoms. The standard InChI is InChI=1S/C12H13N3O2S/c16-10-8-15(7-6-13-10)12(18)14-11(17)9-4-2-1-3-5-9/h1-5H,6-8H2,(H,13,16)(H,14,17,18). The number of carbonyl (C=O) groups is 2. The molecule has 0 spiro atoms. The van der Waals surface area contributed by atoms with Gasteiger partial charge in [0.1, 0.15) is 0 Å². The largest absolute Gasteiger partial charge is 0.353 e. The molecule has 6 heteroatoms. The maximum Gasteiger partial charge on any atom is 0.257 e. The molecular weight excluding hydrogens is 250 g/mol. The molecule has 1 aromatic carbocycles. The summed E-state index contributed by atoms with van der Waals surface area (Å²) in [6.45, 7) is 1.34. The summed E-state index contributed by atoms with van der Waals surface area (Å²) in [5.74, 6) is -0.343. The van der Waals surface area contributed by atoms with Crippen molar-refractivity contribution in [3.63, 3.8) is 0 Å². The van der Waals surface area contributed by atoms with Crippen molar-refractivity contribution in [1.82, 2.24) is 15.5 Å². The number of carbonyl (C=O) groups excluding carboxylic acids is 2. The van der Waals surface area contributed by atoms with Crippen molar-refractivity contribution < 1.29 is 9.59 Å². The molecule has 0 aromatic heterocycles. The zero-order valence-corrected chi connectivity index (χ0v) is 10.5. The van der Waals surface area contributed by atoms with Crippen molar-refractivity contribution in [3.8, 4) is 0 Å². The number of nitrogens with zero attached hydrogens (tertiary/aromatic N) is 1. The summed E-state index contributed by atoms with van der Waals surface area (Å²) in [5, 5.41) is 5.61. The predicted molar refractivity (Wildman–Crippen MR) is 71.1 cm³/mol. The van der Waals surface area contributed by atoms with Gasteiger partial charge in [0.2, 0.25) is 5.91 Å². The minimum absolute atomic E-state index is 0.0856. The molecule has 2 amide bonds. The highest BCUT2D eigenvalue weighted by molar-refractivity contribution is 7.80. The van der Waals surface area contributed by atoms with Gasteiger partial charge in [-0.2, -0.15) is 0 Å². The van der Waals surface area contributed by atoms with Gasteiger partial charge in [0.05, 0.1) is 6.54 Å². The molecule has 1 aliphatic rings. The summed E-state index contributed by atoms with van der Waals surface area (Å²) in [5.41, 5.74) is 0.543. The lowest BCUT2D eigenvalue weighted by Crippen LogP contribution is -2.53. The van der Waals surface area contributed by atoms with Gasteiger partial charge in [-0.15, -0.1) is 0 Å². The molecule has 0 aliphatic carbocycles. The Bertz CT molecular complexity index is 475. The van der Waals surface area contributed by atoms with Crippen LogP contribution >= 0.6 is 12.2 Å². The molecule has 1 aliphatic heterocycles. The fourth-order valence-electron chi connectivity index (χ4n) is 1.65. The number of thiocarbonyl (C=S) groups is 1. The van der Waals surface area contributed by atoms with E-state index in [0.717, 1.165) is 0 Å². The Morgan fingerprint density at radius 3 is 2.72 bits per heavy atom. The normalized spacial score (nSPS) is 14.9. The number of amides is 2. The van der Waals surface area contributed by atoms with Crippen LogP contribution in [0.5, 0.6) is 0 Å². The Morgan fingerprint density at radius 2 is 2.06 bits per heavy atom. The Morgan fingerprint density at radius 1 is 1.33 bits per heavy atom. The lowest BCUT2D eigenvalue weighted by molar-refractivity contribution is -0.122. The van der Waals surface area contributed by atoms with E-state index in [2.05, 4.69) is 10.6 Å². The third kappa shape index (κ3) is 3.04. The van der Waals surface area contributed by atoms with Crippen molar-refractivity contribution in [2.75, 3.05) is 19.6 Å². The average Bonchev–Trinajstić information content (AvgIpc) is 2.39. The van der Waals surface area contributed by atoms with Crippen molar-refractivity contribution >= 4 is 29.1 Å². The second kappa shape index (κ2) is 5.59. The highest BCUT2D eigenvalue weighted by Gasteiger charge is 2.19. The van der Waals surface area contributed by atoms with Crippen LogP contribution in [0.2, 0.25) is 0 Å². The lowest BCUT2D eigenvalue weighted by atomic mass is 10.2. The topological polar surface area (TPSA) is 61.4 Å². The average molecular weight is 263 g/mol. The number of piperazine rings is 1. The van der Waals surface area contributed by atoms with Crippen molar-refractivity contribution in [2.45, 2.75) is 0 Å². The molecule has 18 heavy (non-hydrogen) atoms. The number of benzene rings is 1. The first-order valence-corrected chi connectivity index (χ1v) is 5.99. The summed E-state index contributed by atoms with van der Waals surface area (Å²) in [6, 6.07) is 8.82. The van der Waals surface area contributed by atoms with E-state index >= 15 is 0 Å². The molecule has 1 fully saturated rings. The van der Waals surface area contributed by atoms with Gasteiger partial charge in [-0.3, -0.25) is 14.9 Å². The molecule has 2 rings (SSSR count). The summed E-state index contributed by atoms with van der Waals surface area (Å²) in [4.78, 5) is 24.7. The summed E-state index contributed by atoms with van der Waals surface area (Å²) >= 11 is 5.12. The molecule has 5 nitrogen and oxygen atoms in total. The fourth-order valence-corrected chi connectivity index (χ4v) is 1.90. The van der Waals surface area contributed by atoms with Crippen LogP contribution in [-0.4, -0.2) is 41.5 Å². The summed E-state index contributed by atoms with van der Waals surface area (Å²) in [6.07, 6.45) is 0. The van der Waals surface area contributed by atoms with Crippen LogP contribution < -0.4 is 10.6 Å². The van der Waals surface area contributed by atoms with Crippen LogP contribution in [0, 0.1) is 0 Å². The van der Waals surface area contributed by atoms with Crippen LogP contribution in [0.3, 0.4) is 0 Å².